The van der Waals surface area contributed by atoms with Crippen molar-refractivity contribution in [2.75, 3.05) is 17.5 Å². The van der Waals surface area contributed by atoms with Crippen molar-refractivity contribution in [3.63, 3.8) is 0 Å². The SMILES string of the molecule is Cc1ccc(NS(C)(=O)=O)c(C(=O)N2CCC[C@H](C)[C@H]2c2cc3[nH]c(C)c(C)c(=O)n3n2)c1. The second kappa shape index (κ2) is 8.33. The van der Waals surface area contributed by atoms with E-state index in [-0.39, 0.29) is 29.1 Å². The number of hydrogen-bond acceptors (Lipinski definition) is 5. The Morgan fingerprint density at radius 2 is 1.94 bits per heavy atom. The fourth-order valence-corrected chi connectivity index (χ4v) is 5.12. The van der Waals surface area contributed by atoms with E-state index in [1.165, 1.54) is 4.52 Å². The first-order valence-electron chi connectivity index (χ1n) is 10.9. The van der Waals surface area contributed by atoms with Crippen molar-refractivity contribution in [3.8, 4) is 0 Å². The van der Waals surface area contributed by atoms with Crippen LogP contribution >= 0.6 is 0 Å². The molecule has 0 radical (unpaired) electrons. The summed E-state index contributed by atoms with van der Waals surface area (Å²) in [6, 6.07) is 6.56. The molecule has 4 rings (SSSR count). The smallest absolute Gasteiger partial charge is 0.277 e. The highest BCUT2D eigenvalue weighted by Crippen LogP contribution is 2.37. The van der Waals surface area contributed by atoms with Gasteiger partial charge in [0.25, 0.3) is 11.5 Å². The van der Waals surface area contributed by atoms with Gasteiger partial charge in [0.1, 0.15) is 5.65 Å². The Bertz CT molecular complexity index is 1410. The first kappa shape index (κ1) is 23.0. The molecule has 9 nitrogen and oxygen atoms in total. The number of aromatic amines is 1. The Morgan fingerprint density at radius 1 is 1.21 bits per heavy atom. The van der Waals surface area contributed by atoms with Crippen molar-refractivity contribution in [2.24, 2.45) is 5.92 Å². The molecule has 10 heteroatoms. The summed E-state index contributed by atoms with van der Waals surface area (Å²) < 4.78 is 27.6. The number of rotatable bonds is 4. The van der Waals surface area contributed by atoms with E-state index in [2.05, 4.69) is 21.7 Å². The Labute approximate surface area is 192 Å². The fraction of sp³-hybridized carbons (Fsp3) is 0.435. The molecule has 2 aromatic heterocycles. The quantitative estimate of drug-likeness (QED) is 0.607. The number of nitrogens with zero attached hydrogens (tertiary/aromatic N) is 3. The zero-order chi connectivity index (χ0) is 24.1. The average Bonchev–Trinajstić information content (AvgIpc) is 3.15. The zero-order valence-corrected chi connectivity index (χ0v) is 20.3. The minimum atomic E-state index is -3.56. The molecule has 0 aliphatic carbocycles. The summed E-state index contributed by atoms with van der Waals surface area (Å²) in [5.41, 5.74) is 3.80. The van der Waals surface area contributed by atoms with Crippen molar-refractivity contribution >= 4 is 27.3 Å². The van der Waals surface area contributed by atoms with E-state index < -0.39 is 10.0 Å². The van der Waals surface area contributed by atoms with E-state index in [0.29, 0.717) is 29.0 Å². The van der Waals surface area contributed by atoms with Gasteiger partial charge in [0, 0.05) is 23.9 Å². The number of hydrogen-bond donors (Lipinski definition) is 2. The highest BCUT2D eigenvalue weighted by atomic mass is 32.2. The van der Waals surface area contributed by atoms with Crippen LogP contribution in [0.2, 0.25) is 0 Å². The second-order valence-corrected chi connectivity index (χ2v) is 10.8. The van der Waals surface area contributed by atoms with E-state index in [1.54, 1.807) is 30.0 Å². The first-order chi connectivity index (χ1) is 15.5. The molecule has 3 heterocycles. The number of H-pyrrole nitrogens is 1. The maximum atomic E-state index is 13.8. The fourth-order valence-electron chi connectivity index (χ4n) is 4.54. The Balaban J connectivity index is 1.80. The number of likely N-dealkylation sites (tertiary alicyclic amines) is 1. The maximum absolute atomic E-state index is 13.8. The first-order valence-corrected chi connectivity index (χ1v) is 12.8. The van der Waals surface area contributed by atoms with Gasteiger partial charge in [-0.25, -0.2) is 8.42 Å². The summed E-state index contributed by atoms with van der Waals surface area (Å²) in [6.45, 7) is 8.03. The molecule has 1 saturated heterocycles. The third-order valence-corrected chi connectivity index (χ3v) is 6.91. The number of piperidine rings is 1. The van der Waals surface area contributed by atoms with Gasteiger partial charge in [-0.05, 0) is 51.7 Å². The second-order valence-electron chi connectivity index (χ2n) is 9.03. The predicted molar refractivity (Wildman–Crippen MR) is 127 cm³/mol. The molecule has 1 aliphatic rings. The number of amides is 1. The van der Waals surface area contributed by atoms with Gasteiger partial charge in [-0.15, -0.1) is 0 Å². The monoisotopic (exact) mass is 471 g/mol. The van der Waals surface area contributed by atoms with E-state index in [1.807, 2.05) is 19.9 Å². The van der Waals surface area contributed by atoms with Gasteiger partial charge in [0.05, 0.1) is 29.2 Å². The topological polar surface area (TPSA) is 117 Å². The normalized spacial score (nSPS) is 19.1. The van der Waals surface area contributed by atoms with Crippen molar-refractivity contribution in [2.45, 2.75) is 46.6 Å². The van der Waals surface area contributed by atoms with E-state index in [9.17, 15) is 18.0 Å². The van der Waals surface area contributed by atoms with Gasteiger partial charge in [0.2, 0.25) is 10.0 Å². The summed E-state index contributed by atoms with van der Waals surface area (Å²) in [5, 5.41) is 4.58. The van der Waals surface area contributed by atoms with Crippen LogP contribution in [0.15, 0.2) is 29.1 Å². The summed E-state index contributed by atoms with van der Waals surface area (Å²) in [6.07, 6.45) is 2.80. The molecule has 33 heavy (non-hydrogen) atoms. The minimum Gasteiger partial charge on any atom is -0.343 e. The number of aromatic nitrogens is 3. The van der Waals surface area contributed by atoms with Crippen molar-refractivity contribution < 1.29 is 13.2 Å². The number of aryl methyl sites for hydroxylation is 2. The van der Waals surface area contributed by atoms with Crippen LogP contribution in [-0.4, -0.2) is 46.6 Å². The molecule has 1 amide bonds. The number of nitrogens with one attached hydrogen (secondary N) is 2. The molecule has 0 unspecified atom stereocenters. The standard InChI is InChI=1S/C23H29N5O4S/c1-13-8-9-18(26-33(5,31)32)17(11-13)23(30)27-10-6-7-14(2)21(27)19-12-20-24-16(4)15(3)22(29)28(20)25-19/h8-9,11-12,14,21,24,26H,6-7,10H2,1-5H3/t14-,21-/m0/s1. The highest BCUT2D eigenvalue weighted by Gasteiger charge is 2.36. The molecular weight excluding hydrogens is 442 g/mol. The lowest BCUT2D eigenvalue weighted by molar-refractivity contribution is 0.0505. The summed E-state index contributed by atoms with van der Waals surface area (Å²) in [5.74, 6) is -0.154. The summed E-state index contributed by atoms with van der Waals surface area (Å²) in [7, 11) is -3.56. The van der Waals surface area contributed by atoms with Gasteiger partial charge in [0.15, 0.2) is 0 Å². The van der Waals surface area contributed by atoms with Crippen LogP contribution in [0.5, 0.6) is 0 Å². The van der Waals surface area contributed by atoms with Crippen LogP contribution in [0, 0.1) is 26.7 Å². The molecule has 3 aromatic rings. The van der Waals surface area contributed by atoms with Gasteiger partial charge >= 0.3 is 0 Å². The van der Waals surface area contributed by atoms with Crippen LogP contribution in [0.1, 0.15) is 58.7 Å². The van der Waals surface area contributed by atoms with Crippen LogP contribution in [0.25, 0.3) is 5.65 Å². The van der Waals surface area contributed by atoms with E-state index >= 15 is 0 Å². The molecular formula is C23H29N5O4S. The number of fused-ring (bicyclic) bond motifs is 1. The van der Waals surface area contributed by atoms with Gasteiger partial charge < -0.3 is 9.88 Å². The largest absolute Gasteiger partial charge is 0.343 e. The third kappa shape index (κ3) is 4.39. The molecule has 176 valence electrons. The van der Waals surface area contributed by atoms with Crippen LogP contribution < -0.4 is 10.3 Å². The Morgan fingerprint density at radius 3 is 2.64 bits per heavy atom. The van der Waals surface area contributed by atoms with Crippen molar-refractivity contribution in [3.05, 3.63) is 62.7 Å². The molecule has 1 aromatic carbocycles. The van der Waals surface area contributed by atoms with E-state index in [4.69, 9.17) is 0 Å². The lowest BCUT2D eigenvalue weighted by Crippen LogP contribution is -2.42. The van der Waals surface area contributed by atoms with Crippen molar-refractivity contribution in [1.82, 2.24) is 19.5 Å². The van der Waals surface area contributed by atoms with Crippen LogP contribution in [0.3, 0.4) is 0 Å². The van der Waals surface area contributed by atoms with Gasteiger partial charge in [-0.1, -0.05) is 18.6 Å². The zero-order valence-electron chi connectivity index (χ0n) is 19.5. The molecule has 0 saturated carbocycles. The molecule has 0 spiro atoms. The molecule has 2 N–H and O–H groups in total. The maximum Gasteiger partial charge on any atom is 0.277 e. The molecule has 2 atom stereocenters. The number of sulfonamides is 1. The number of anilines is 1. The summed E-state index contributed by atoms with van der Waals surface area (Å²) in [4.78, 5) is 31.4. The number of carbonyl (C=O) groups excluding carboxylic acids is 1. The lowest BCUT2D eigenvalue weighted by atomic mass is 9.88. The minimum absolute atomic E-state index is 0.112. The Kier molecular flexibility index (Phi) is 5.81. The highest BCUT2D eigenvalue weighted by molar-refractivity contribution is 7.92. The average molecular weight is 472 g/mol. The lowest BCUT2D eigenvalue weighted by Gasteiger charge is -2.39. The Hall–Kier alpha value is -3.14. The van der Waals surface area contributed by atoms with E-state index in [0.717, 1.165) is 30.4 Å². The molecule has 1 fully saturated rings. The number of carbonyl (C=O) groups is 1. The van der Waals surface area contributed by atoms with Gasteiger partial charge in [-0.2, -0.15) is 9.61 Å². The third-order valence-electron chi connectivity index (χ3n) is 6.32. The number of benzene rings is 1. The predicted octanol–water partition coefficient (Wildman–Crippen LogP) is 2.93. The summed E-state index contributed by atoms with van der Waals surface area (Å²) >= 11 is 0. The molecule has 1 aliphatic heterocycles. The van der Waals surface area contributed by atoms with Gasteiger partial charge in [-0.3, -0.25) is 14.3 Å². The van der Waals surface area contributed by atoms with Crippen LogP contribution in [0.4, 0.5) is 5.69 Å². The van der Waals surface area contributed by atoms with Crippen LogP contribution in [-0.2, 0) is 10.0 Å². The molecule has 0 bridgehead atoms. The van der Waals surface area contributed by atoms with Crippen molar-refractivity contribution in [1.29, 1.82) is 0 Å².